The lowest BCUT2D eigenvalue weighted by Gasteiger charge is -2.48. The molecule has 0 fully saturated rings. The first kappa shape index (κ1) is 40.8. The van der Waals surface area contributed by atoms with E-state index in [1.165, 1.54) is 49.8 Å². The smallest absolute Gasteiger partial charge is 0.252 e. The number of rotatable bonds is 7. The van der Waals surface area contributed by atoms with E-state index in [2.05, 4.69) is 209 Å². The lowest BCUT2D eigenvalue weighted by Crippen LogP contribution is -2.66. The Morgan fingerprint density at radius 1 is 0.268 bits per heavy atom. The van der Waals surface area contributed by atoms with Crippen LogP contribution in [-0.2, 0) is 0 Å². The van der Waals surface area contributed by atoms with Gasteiger partial charge in [-0.2, -0.15) is 0 Å². The van der Waals surface area contributed by atoms with Crippen LogP contribution in [-0.4, -0.2) is 28.4 Å². The molecule has 4 heterocycles. The van der Waals surface area contributed by atoms with E-state index in [1.54, 1.807) is 0 Å². The van der Waals surface area contributed by atoms with Gasteiger partial charge in [0.15, 0.2) is 17.5 Å². The van der Waals surface area contributed by atoms with Crippen LogP contribution in [0.2, 0.25) is 0 Å². The molecular formula is C63H42B2N6. The van der Waals surface area contributed by atoms with Crippen molar-refractivity contribution in [3.63, 3.8) is 0 Å². The number of benzene rings is 10. The third kappa shape index (κ3) is 6.63. The number of anilines is 9. The SMILES string of the molecule is c1ccc(B2c3ccccc3N(c3ccc(-c4nc(-c5ccccc5)nc(-c5ccccc5)n4)cc3)c3cc4c5c(c32)N(c2ccccc2)c2ccccc2B5c2ccccc2N4c2ccccc2)cc1. The first-order valence-electron chi connectivity index (χ1n) is 24.3. The molecule has 3 aliphatic rings. The maximum atomic E-state index is 5.11. The van der Waals surface area contributed by atoms with E-state index in [9.17, 15) is 0 Å². The minimum absolute atomic E-state index is 0.0270. The van der Waals surface area contributed by atoms with E-state index in [-0.39, 0.29) is 13.4 Å². The van der Waals surface area contributed by atoms with Gasteiger partial charge >= 0.3 is 0 Å². The molecule has 0 atom stereocenters. The zero-order valence-corrected chi connectivity index (χ0v) is 38.6. The van der Waals surface area contributed by atoms with Gasteiger partial charge in [-0.05, 0) is 100 Å². The highest BCUT2D eigenvalue weighted by Gasteiger charge is 2.48. The van der Waals surface area contributed by atoms with Crippen LogP contribution < -0.4 is 47.5 Å². The summed E-state index contributed by atoms with van der Waals surface area (Å²) in [7, 11) is 0. The topological polar surface area (TPSA) is 48.4 Å². The molecule has 0 bridgehead atoms. The van der Waals surface area contributed by atoms with E-state index in [0.717, 1.165) is 50.8 Å². The number of fused-ring (bicyclic) bond motifs is 7. The average molecular weight is 905 g/mol. The fourth-order valence-electron chi connectivity index (χ4n) is 11.3. The molecule has 0 spiro atoms. The third-order valence-corrected chi connectivity index (χ3v) is 14.3. The number of para-hydroxylation sites is 5. The summed E-state index contributed by atoms with van der Waals surface area (Å²) in [6.07, 6.45) is 0. The number of aromatic nitrogens is 3. The molecule has 11 aromatic rings. The molecule has 330 valence electrons. The lowest BCUT2D eigenvalue weighted by atomic mass is 9.30. The quantitative estimate of drug-likeness (QED) is 0.149. The molecule has 0 saturated heterocycles. The Morgan fingerprint density at radius 3 is 1.08 bits per heavy atom. The zero-order valence-electron chi connectivity index (χ0n) is 38.6. The van der Waals surface area contributed by atoms with E-state index < -0.39 is 0 Å². The highest BCUT2D eigenvalue weighted by atomic mass is 15.2. The van der Waals surface area contributed by atoms with E-state index in [4.69, 9.17) is 15.0 Å². The number of hydrogen-bond donors (Lipinski definition) is 0. The molecule has 0 unspecified atom stereocenters. The van der Waals surface area contributed by atoms with Crippen molar-refractivity contribution in [3.8, 4) is 34.2 Å². The monoisotopic (exact) mass is 904 g/mol. The van der Waals surface area contributed by atoms with Crippen molar-refractivity contribution < 1.29 is 0 Å². The molecule has 0 aliphatic carbocycles. The summed E-state index contributed by atoms with van der Waals surface area (Å²) >= 11 is 0. The van der Waals surface area contributed by atoms with Crippen molar-refractivity contribution in [2.45, 2.75) is 0 Å². The number of hydrogen-bond acceptors (Lipinski definition) is 6. The van der Waals surface area contributed by atoms with Gasteiger partial charge in [-0.1, -0.05) is 187 Å². The van der Waals surface area contributed by atoms with Gasteiger partial charge in [0, 0.05) is 67.9 Å². The highest BCUT2D eigenvalue weighted by molar-refractivity contribution is 7.03. The van der Waals surface area contributed by atoms with Gasteiger partial charge in [0.05, 0.1) is 0 Å². The van der Waals surface area contributed by atoms with Gasteiger partial charge in [0.1, 0.15) is 0 Å². The van der Waals surface area contributed by atoms with Gasteiger partial charge in [0.25, 0.3) is 6.71 Å². The molecule has 0 radical (unpaired) electrons. The highest BCUT2D eigenvalue weighted by Crippen LogP contribution is 2.48. The van der Waals surface area contributed by atoms with Crippen molar-refractivity contribution in [3.05, 3.63) is 255 Å². The summed E-state index contributed by atoms with van der Waals surface area (Å²) in [5.74, 6) is 1.89. The van der Waals surface area contributed by atoms with Crippen LogP contribution in [0.5, 0.6) is 0 Å². The first-order valence-corrected chi connectivity index (χ1v) is 24.3. The van der Waals surface area contributed by atoms with Gasteiger partial charge in [-0.3, -0.25) is 0 Å². The second-order valence-corrected chi connectivity index (χ2v) is 18.3. The van der Waals surface area contributed by atoms with Crippen LogP contribution in [0.3, 0.4) is 0 Å². The molecule has 8 heteroatoms. The van der Waals surface area contributed by atoms with Crippen molar-refractivity contribution in [1.29, 1.82) is 0 Å². The van der Waals surface area contributed by atoms with Crippen LogP contribution in [0, 0.1) is 0 Å². The summed E-state index contributed by atoms with van der Waals surface area (Å²) in [5, 5.41) is 0. The Hall–Kier alpha value is -9.26. The van der Waals surface area contributed by atoms with Crippen molar-refractivity contribution in [2.75, 3.05) is 14.7 Å². The summed E-state index contributed by atoms with van der Waals surface area (Å²) in [6.45, 7) is -0.128. The van der Waals surface area contributed by atoms with Gasteiger partial charge in [-0.15, -0.1) is 0 Å². The molecule has 6 nitrogen and oxygen atoms in total. The van der Waals surface area contributed by atoms with Gasteiger partial charge in [-0.25, -0.2) is 15.0 Å². The van der Waals surface area contributed by atoms with E-state index in [1.807, 2.05) is 60.7 Å². The minimum atomic E-state index is -0.101. The maximum absolute atomic E-state index is 5.11. The fourth-order valence-corrected chi connectivity index (χ4v) is 11.3. The van der Waals surface area contributed by atoms with Gasteiger partial charge < -0.3 is 14.7 Å². The van der Waals surface area contributed by atoms with Crippen molar-refractivity contribution in [1.82, 2.24) is 15.0 Å². The minimum Gasteiger partial charge on any atom is -0.312 e. The van der Waals surface area contributed by atoms with Crippen molar-refractivity contribution >= 4 is 97.4 Å². The first-order chi connectivity index (χ1) is 35.3. The Balaban J connectivity index is 1.05. The predicted octanol–water partition coefficient (Wildman–Crippen LogP) is 11.3. The van der Waals surface area contributed by atoms with Gasteiger partial charge in [0.2, 0.25) is 6.71 Å². The molecule has 71 heavy (non-hydrogen) atoms. The zero-order chi connectivity index (χ0) is 46.8. The summed E-state index contributed by atoms with van der Waals surface area (Å²) in [6, 6.07) is 91.6. The summed E-state index contributed by atoms with van der Waals surface area (Å²) < 4.78 is 0. The fraction of sp³-hybridized carbons (Fsp3) is 0. The average Bonchev–Trinajstić information content (AvgIpc) is 3.45. The Bertz CT molecular complexity index is 3720. The molecule has 0 amide bonds. The van der Waals surface area contributed by atoms with Crippen molar-refractivity contribution in [2.24, 2.45) is 0 Å². The van der Waals surface area contributed by atoms with E-state index in [0.29, 0.717) is 17.5 Å². The van der Waals surface area contributed by atoms with Crippen LogP contribution in [0.1, 0.15) is 0 Å². The second kappa shape index (κ2) is 16.8. The third-order valence-electron chi connectivity index (χ3n) is 14.3. The van der Waals surface area contributed by atoms with E-state index >= 15 is 0 Å². The molecular weight excluding hydrogens is 862 g/mol. The standard InChI is InChI=1S/C63H42B2N6/c1-6-22-43(23-7-1)61-66-62(44-24-8-2-9-25-44)68-63(67-61)45-38-40-49(41-39-45)70-53-35-19-16-32-50(53)64(46-26-10-3-11-27-46)58-56(70)42-57-59-60(58)71(48-30-14-5-15-31-48)55-37-21-18-34-52(55)65(59)51-33-17-20-36-54(51)69(57)47-28-12-4-13-29-47/h1-42H. The molecule has 3 aliphatic heterocycles. The van der Waals surface area contributed by atoms with Crippen LogP contribution in [0.25, 0.3) is 34.2 Å². The largest absolute Gasteiger partial charge is 0.312 e. The molecule has 0 saturated carbocycles. The molecule has 0 N–H and O–H groups in total. The molecule has 14 rings (SSSR count). The maximum Gasteiger partial charge on any atom is 0.252 e. The molecule has 10 aromatic carbocycles. The Kier molecular flexibility index (Phi) is 9.62. The Labute approximate surface area is 414 Å². The number of nitrogens with zero attached hydrogens (tertiary/aromatic N) is 6. The predicted molar refractivity (Wildman–Crippen MR) is 296 cm³/mol. The van der Waals surface area contributed by atoms with Crippen LogP contribution in [0.4, 0.5) is 51.2 Å². The van der Waals surface area contributed by atoms with Crippen LogP contribution >= 0.6 is 0 Å². The summed E-state index contributed by atoms with van der Waals surface area (Å²) in [4.78, 5) is 22.7. The van der Waals surface area contributed by atoms with Crippen LogP contribution in [0.15, 0.2) is 255 Å². The lowest BCUT2D eigenvalue weighted by molar-refractivity contribution is 1.07. The second-order valence-electron chi connectivity index (χ2n) is 18.3. The normalized spacial score (nSPS) is 12.9. The molecule has 1 aromatic heterocycles. The Morgan fingerprint density at radius 2 is 0.606 bits per heavy atom. The summed E-state index contributed by atoms with van der Waals surface area (Å²) in [5.41, 5.74) is 20.6.